The van der Waals surface area contributed by atoms with Crippen LogP contribution in [0.15, 0.2) is 45.7 Å². The van der Waals surface area contributed by atoms with Gasteiger partial charge in [-0.05, 0) is 12.1 Å². The maximum atomic E-state index is 11.6. The van der Waals surface area contributed by atoms with Crippen LogP contribution in [0.25, 0.3) is 0 Å². The zero-order valence-electron chi connectivity index (χ0n) is 11.0. The molecule has 2 heterocycles. The molecule has 0 aliphatic carbocycles. The summed E-state index contributed by atoms with van der Waals surface area (Å²) in [5.74, 6) is 0. The molecule has 0 radical (unpaired) electrons. The molecule has 0 aliphatic rings. The molecule has 2 aromatic heterocycles. The number of pyridine rings is 1. The summed E-state index contributed by atoms with van der Waals surface area (Å²) in [5, 5.41) is 8.85. The summed E-state index contributed by atoms with van der Waals surface area (Å²) in [7, 11) is 0. The Kier molecular flexibility index (Phi) is 3.74. The van der Waals surface area contributed by atoms with E-state index in [2.05, 4.69) is 20.6 Å². The largest absolute Gasteiger partial charge is 0.380 e. The molecule has 0 atom stereocenters. The van der Waals surface area contributed by atoms with Crippen LogP contribution in [0.4, 0.5) is 17.1 Å². The van der Waals surface area contributed by atoms with Crippen molar-refractivity contribution in [1.29, 1.82) is 0 Å². The van der Waals surface area contributed by atoms with Gasteiger partial charge in [-0.25, -0.2) is 4.98 Å². The molecule has 0 fully saturated rings. The molecule has 2 N–H and O–H groups in total. The van der Waals surface area contributed by atoms with Crippen molar-refractivity contribution < 1.29 is 0 Å². The summed E-state index contributed by atoms with van der Waals surface area (Å²) < 4.78 is 0. The van der Waals surface area contributed by atoms with Crippen molar-refractivity contribution in [2.45, 2.75) is 6.42 Å². The number of aromatic nitrogens is 2. The van der Waals surface area contributed by atoms with Gasteiger partial charge in [0.25, 0.3) is 10.9 Å². The molecule has 21 heavy (non-hydrogen) atoms. The zero-order valence-corrected chi connectivity index (χ0v) is 11.8. The van der Waals surface area contributed by atoms with E-state index in [1.54, 1.807) is 42.1 Å². The van der Waals surface area contributed by atoms with Gasteiger partial charge in [-0.3, -0.25) is 14.6 Å². The Labute approximate surface area is 124 Å². The van der Waals surface area contributed by atoms with E-state index in [1.165, 1.54) is 0 Å². The van der Waals surface area contributed by atoms with Crippen LogP contribution in [-0.2, 0) is 6.42 Å². The number of nitrogens with one attached hydrogen (secondary N) is 2. The lowest BCUT2D eigenvalue weighted by Gasteiger charge is -2.14. The Morgan fingerprint density at radius 1 is 1.05 bits per heavy atom. The van der Waals surface area contributed by atoms with E-state index in [-0.39, 0.29) is 0 Å². The standard InChI is InChI=1S/C14H12N4O2S/c19-13-11(17-6-3-10-16-7-8-21-10)12(14(13)20)18-9-1-4-15-5-2-9/h1-2,4-5,7-8,17H,3,6H2,(H,15,18). The first kappa shape index (κ1) is 13.4. The molecule has 0 bridgehead atoms. The molecule has 3 aromatic rings. The summed E-state index contributed by atoms with van der Waals surface area (Å²) in [6.45, 7) is 0.559. The minimum atomic E-state index is -0.497. The summed E-state index contributed by atoms with van der Waals surface area (Å²) in [6.07, 6.45) is 5.69. The fraction of sp³-hybridized carbons (Fsp3) is 0.143. The lowest BCUT2D eigenvalue weighted by molar-refractivity contribution is 0.993. The smallest absolute Gasteiger partial charge is 0.253 e. The number of thiazole rings is 1. The van der Waals surface area contributed by atoms with Crippen molar-refractivity contribution in [2.75, 3.05) is 17.2 Å². The summed E-state index contributed by atoms with van der Waals surface area (Å²) in [5.41, 5.74) is 0.396. The van der Waals surface area contributed by atoms with E-state index < -0.39 is 10.9 Å². The Balaban J connectivity index is 1.67. The number of anilines is 3. The lowest BCUT2D eigenvalue weighted by atomic mass is 10.2. The third kappa shape index (κ3) is 2.82. The first-order chi connectivity index (χ1) is 10.3. The molecule has 0 aliphatic heterocycles. The fourth-order valence-corrected chi connectivity index (χ4v) is 2.55. The van der Waals surface area contributed by atoms with Gasteiger partial charge < -0.3 is 10.6 Å². The SMILES string of the molecule is O=c1c(NCCc2nccs2)c(Nc2ccncc2)c1=O. The lowest BCUT2D eigenvalue weighted by Crippen LogP contribution is -2.37. The third-order valence-electron chi connectivity index (χ3n) is 2.98. The van der Waals surface area contributed by atoms with Crippen molar-refractivity contribution in [1.82, 2.24) is 9.97 Å². The monoisotopic (exact) mass is 300 g/mol. The van der Waals surface area contributed by atoms with E-state index in [4.69, 9.17) is 0 Å². The number of hydrogen-bond donors (Lipinski definition) is 2. The second-order valence-electron chi connectivity index (χ2n) is 4.37. The fourth-order valence-electron chi connectivity index (χ4n) is 1.93. The van der Waals surface area contributed by atoms with Gasteiger partial charge >= 0.3 is 0 Å². The maximum absolute atomic E-state index is 11.6. The van der Waals surface area contributed by atoms with Crippen LogP contribution >= 0.6 is 11.3 Å². The van der Waals surface area contributed by atoms with Crippen LogP contribution < -0.4 is 21.5 Å². The van der Waals surface area contributed by atoms with Gasteiger partial charge in [-0.1, -0.05) is 0 Å². The summed E-state index contributed by atoms with van der Waals surface area (Å²) >= 11 is 1.56. The molecule has 0 saturated carbocycles. The highest BCUT2D eigenvalue weighted by molar-refractivity contribution is 7.09. The molecule has 0 amide bonds. The van der Waals surface area contributed by atoms with Gasteiger partial charge in [0.15, 0.2) is 0 Å². The van der Waals surface area contributed by atoms with Crippen LogP contribution in [0.3, 0.4) is 0 Å². The van der Waals surface area contributed by atoms with E-state index in [0.29, 0.717) is 24.3 Å². The molecule has 0 unspecified atom stereocenters. The van der Waals surface area contributed by atoms with Crippen molar-refractivity contribution in [2.24, 2.45) is 0 Å². The molecule has 106 valence electrons. The predicted molar refractivity (Wildman–Crippen MR) is 83.2 cm³/mol. The molecule has 6 nitrogen and oxygen atoms in total. The Morgan fingerprint density at radius 3 is 2.52 bits per heavy atom. The second kappa shape index (κ2) is 5.84. The average Bonchev–Trinajstić information content (AvgIpc) is 3.04. The van der Waals surface area contributed by atoms with Crippen LogP contribution in [-0.4, -0.2) is 16.5 Å². The van der Waals surface area contributed by atoms with Crippen molar-refractivity contribution in [3.05, 3.63) is 61.6 Å². The Morgan fingerprint density at radius 2 is 1.81 bits per heavy atom. The molecule has 0 saturated heterocycles. The Hall–Kier alpha value is -2.54. The van der Waals surface area contributed by atoms with Crippen molar-refractivity contribution in [3.63, 3.8) is 0 Å². The van der Waals surface area contributed by atoms with Crippen LogP contribution in [0.5, 0.6) is 0 Å². The van der Waals surface area contributed by atoms with Gasteiger partial charge in [0.1, 0.15) is 11.4 Å². The molecule has 7 heteroatoms. The topological polar surface area (TPSA) is 84.0 Å². The van der Waals surface area contributed by atoms with Gasteiger partial charge in [-0.15, -0.1) is 11.3 Å². The highest BCUT2D eigenvalue weighted by Crippen LogP contribution is 2.19. The van der Waals surface area contributed by atoms with E-state index in [1.807, 2.05) is 5.38 Å². The third-order valence-corrected chi connectivity index (χ3v) is 3.82. The minimum absolute atomic E-state index is 0.310. The van der Waals surface area contributed by atoms with E-state index in [9.17, 15) is 9.59 Å². The van der Waals surface area contributed by atoms with Gasteiger partial charge in [0.05, 0.1) is 5.01 Å². The molecule has 1 aromatic carbocycles. The summed E-state index contributed by atoms with van der Waals surface area (Å²) in [4.78, 5) is 31.3. The first-order valence-electron chi connectivity index (χ1n) is 6.38. The average molecular weight is 300 g/mol. The van der Waals surface area contributed by atoms with Crippen LogP contribution in [0.1, 0.15) is 5.01 Å². The van der Waals surface area contributed by atoms with Crippen LogP contribution in [0, 0.1) is 0 Å². The second-order valence-corrected chi connectivity index (χ2v) is 5.35. The van der Waals surface area contributed by atoms with Gasteiger partial charge in [-0.2, -0.15) is 0 Å². The minimum Gasteiger partial charge on any atom is -0.380 e. The normalized spacial score (nSPS) is 10.7. The van der Waals surface area contributed by atoms with Crippen LogP contribution in [0.2, 0.25) is 0 Å². The van der Waals surface area contributed by atoms with Gasteiger partial charge in [0, 0.05) is 42.6 Å². The van der Waals surface area contributed by atoms with Crippen molar-refractivity contribution in [3.8, 4) is 0 Å². The molecular formula is C14H12N4O2S. The number of nitrogens with zero attached hydrogens (tertiary/aromatic N) is 2. The maximum Gasteiger partial charge on any atom is 0.253 e. The molecular weight excluding hydrogens is 288 g/mol. The number of rotatable bonds is 6. The molecule has 0 spiro atoms. The van der Waals surface area contributed by atoms with E-state index in [0.717, 1.165) is 10.7 Å². The Bertz CT molecular complexity index is 792. The predicted octanol–water partition coefficient (Wildman–Crippen LogP) is 1.53. The summed E-state index contributed by atoms with van der Waals surface area (Å²) in [6, 6.07) is 3.46. The van der Waals surface area contributed by atoms with Crippen molar-refractivity contribution >= 4 is 28.4 Å². The first-order valence-corrected chi connectivity index (χ1v) is 7.26. The number of hydrogen-bond acceptors (Lipinski definition) is 7. The van der Waals surface area contributed by atoms with Gasteiger partial charge in [0.2, 0.25) is 0 Å². The zero-order chi connectivity index (χ0) is 14.7. The van der Waals surface area contributed by atoms with E-state index >= 15 is 0 Å². The molecule has 3 rings (SSSR count). The quantitative estimate of drug-likeness (QED) is 0.672. The highest BCUT2D eigenvalue weighted by Gasteiger charge is 2.20. The highest BCUT2D eigenvalue weighted by atomic mass is 32.1.